The predicted molar refractivity (Wildman–Crippen MR) is 108 cm³/mol. The van der Waals surface area contributed by atoms with Crippen molar-refractivity contribution in [3.05, 3.63) is 47.8 Å². The highest BCUT2D eigenvalue weighted by atomic mass is 16.5. The third kappa shape index (κ3) is 5.43. The predicted octanol–water partition coefficient (Wildman–Crippen LogP) is 1.20. The Morgan fingerprint density at radius 2 is 1.87 bits per heavy atom. The molecule has 1 aliphatic heterocycles. The van der Waals surface area contributed by atoms with Crippen LogP contribution >= 0.6 is 0 Å². The molecule has 2 aromatic rings. The summed E-state index contributed by atoms with van der Waals surface area (Å²) in [5, 5.41) is 7.95. The zero-order valence-corrected chi connectivity index (χ0v) is 17.4. The van der Waals surface area contributed by atoms with Gasteiger partial charge in [0.1, 0.15) is 0 Å². The van der Waals surface area contributed by atoms with E-state index in [0.717, 1.165) is 5.56 Å². The highest BCUT2D eigenvalue weighted by Gasteiger charge is 2.29. The Balaban J connectivity index is 1.50. The van der Waals surface area contributed by atoms with Crippen molar-refractivity contribution in [3.8, 4) is 0 Å². The molecule has 1 aromatic carbocycles. The van der Waals surface area contributed by atoms with E-state index in [1.165, 1.54) is 4.90 Å². The summed E-state index contributed by atoms with van der Waals surface area (Å²) in [6.07, 6.45) is 2.74. The molecule has 1 fully saturated rings. The maximum atomic E-state index is 12.6. The minimum absolute atomic E-state index is 0.0472. The molecule has 2 amide bonds. The first-order chi connectivity index (χ1) is 14.5. The van der Waals surface area contributed by atoms with Gasteiger partial charge in [-0.2, -0.15) is 0 Å². The van der Waals surface area contributed by atoms with Crippen molar-refractivity contribution in [3.63, 3.8) is 0 Å². The van der Waals surface area contributed by atoms with Gasteiger partial charge in [-0.05, 0) is 25.3 Å². The van der Waals surface area contributed by atoms with Crippen molar-refractivity contribution in [2.24, 2.45) is 5.92 Å². The van der Waals surface area contributed by atoms with Crippen molar-refractivity contribution >= 4 is 17.8 Å². The second-order valence-corrected chi connectivity index (χ2v) is 7.36. The average molecular weight is 413 g/mol. The summed E-state index contributed by atoms with van der Waals surface area (Å²) in [4.78, 5) is 40.0. The zero-order valence-electron chi connectivity index (χ0n) is 17.4. The van der Waals surface area contributed by atoms with Crippen LogP contribution in [0.1, 0.15) is 35.8 Å². The standard InChI is InChI=1S/C21H27N5O4/c1-3-30-21(29)17-9-11-25(12-10-17)19(27)15-24(2)20(28)18-14-26(23-22-18)13-16-7-5-4-6-8-16/h4-8,14,17H,3,9-13,15H2,1-2H3. The smallest absolute Gasteiger partial charge is 0.309 e. The van der Waals surface area contributed by atoms with E-state index in [1.807, 2.05) is 30.3 Å². The number of piperidine rings is 1. The zero-order chi connectivity index (χ0) is 21.5. The van der Waals surface area contributed by atoms with E-state index in [1.54, 1.807) is 29.7 Å². The van der Waals surface area contributed by atoms with Gasteiger partial charge < -0.3 is 14.5 Å². The fourth-order valence-corrected chi connectivity index (χ4v) is 3.44. The van der Waals surface area contributed by atoms with E-state index in [4.69, 9.17) is 4.74 Å². The number of ether oxygens (including phenoxy) is 1. The number of likely N-dealkylation sites (N-methyl/N-ethyl adjacent to an activating group) is 1. The number of esters is 1. The lowest BCUT2D eigenvalue weighted by atomic mass is 9.97. The summed E-state index contributed by atoms with van der Waals surface area (Å²) in [7, 11) is 1.57. The normalized spacial score (nSPS) is 14.4. The molecule has 0 N–H and O–H groups in total. The van der Waals surface area contributed by atoms with E-state index < -0.39 is 0 Å². The van der Waals surface area contributed by atoms with Gasteiger partial charge in [-0.3, -0.25) is 14.4 Å². The van der Waals surface area contributed by atoms with Crippen molar-refractivity contribution in [1.82, 2.24) is 24.8 Å². The molecule has 0 unspecified atom stereocenters. The van der Waals surface area contributed by atoms with Crippen LogP contribution in [0.15, 0.2) is 36.5 Å². The summed E-state index contributed by atoms with van der Waals surface area (Å²) < 4.78 is 6.65. The van der Waals surface area contributed by atoms with E-state index in [-0.39, 0.29) is 35.9 Å². The molecule has 160 valence electrons. The monoisotopic (exact) mass is 413 g/mol. The van der Waals surface area contributed by atoms with Gasteiger partial charge >= 0.3 is 5.97 Å². The van der Waals surface area contributed by atoms with Gasteiger partial charge in [0.15, 0.2) is 5.69 Å². The van der Waals surface area contributed by atoms with Crippen LogP contribution in [0.3, 0.4) is 0 Å². The van der Waals surface area contributed by atoms with Gasteiger partial charge in [-0.15, -0.1) is 5.10 Å². The van der Waals surface area contributed by atoms with Gasteiger partial charge in [0.2, 0.25) is 5.91 Å². The Morgan fingerprint density at radius 3 is 2.53 bits per heavy atom. The summed E-state index contributed by atoms with van der Waals surface area (Å²) in [5.74, 6) is -0.864. The largest absolute Gasteiger partial charge is 0.466 e. The number of hydrogen-bond acceptors (Lipinski definition) is 6. The fourth-order valence-electron chi connectivity index (χ4n) is 3.44. The van der Waals surface area contributed by atoms with Gasteiger partial charge in [0.05, 0.1) is 31.8 Å². The molecule has 30 heavy (non-hydrogen) atoms. The third-order valence-electron chi connectivity index (χ3n) is 5.13. The SMILES string of the molecule is CCOC(=O)C1CCN(C(=O)CN(C)C(=O)c2cn(Cc3ccccc3)nn2)CC1. The Hall–Kier alpha value is -3.23. The molecule has 9 heteroatoms. The second-order valence-electron chi connectivity index (χ2n) is 7.36. The minimum Gasteiger partial charge on any atom is -0.466 e. The number of rotatable bonds is 7. The topological polar surface area (TPSA) is 97.6 Å². The molecule has 0 aliphatic carbocycles. The average Bonchev–Trinajstić information content (AvgIpc) is 3.22. The van der Waals surface area contributed by atoms with Crippen LogP contribution < -0.4 is 0 Å². The number of carbonyl (C=O) groups is 3. The van der Waals surface area contributed by atoms with Gasteiger partial charge in [0, 0.05) is 20.1 Å². The number of nitrogens with zero attached hydrogens (tertiary/aromatic N) is 5. The van der Waals surface area contributed by atoms with E-state index >= 15 is 0 Å². The molecule has 3 rings (SSSR count). The number of carbonyl (C=O) groups excluding carboxylic acids is 3. The van der Waals surface area contributed by atoms with Crippen molar-refractivity contribution in [1.29, 1.82) is 0 Å². The molecule has 2 heterocycles. The molecule has 0 radical (unpaired) electrons. The van der Waals surface area contributed by atoms with E-state index in [0.29, 0.717) is 39.1 Å². The molecule has 9 nitrogen and oxygen atoms in total. The first kappa shape index (κ1) is 21.5. The van der Waals surface area contributed by atoms with Crippen molar-refractivity contribution in [2.45, 2.75) is 26.3 Å². The van der Waals surface area contributed by atoms with Crippen LogP contribution in [0.25, 0.3) is 0 Å². The molecule has 0 atom stereocenters. The molecule has 0 spiro atoms. The van der Waals surface area contributed by atoms with Gasteiger partial charge in [-0.25, -0.2) is 4.68 Å². The summed E-state index contributed by atoms with van der Waals surface area (Å²) in [6.45, 7) is 3.58. The summed E-state index contributed by atoms with van der Waals surface area (Å²) in [6, 6.07) is 9.75. The van der Waals surface area contributed by atoms with Crippen LogP contribution in [0.5, 0.6) is 0 Å². The molecule has 0 bridgehead atoms. The Kier molecular flexibility index (Phi) is 7.16. The lowest BCUT2D eigenvalue weighted by Crippen LogP contribution is -2.45. The quantitative estimate of drug-likeness (QED) is 0.633. The number of hydrogen-bond donors (Lipinski definition) is 0. The first-order valence-electron chi connectivity index (χ1n) is 10.1. The minimum atomic E-state index is -0.357. The Labute approximate surface area is 175 Å². The van der Waals surface area contributed by atoms with Crippen LogP contribution in [-0.2, 0) is 20.9 Å². The Bertz CT molecular complexity index is 875. The fraction of sp³-hybridized carbons (Fsp3) is 0.476. The third-order valence-corrected chi connectivity index (χ3v) is 5.13. The number of benzene rings is 1. The molecule has 1 aromatic heterocycles. The summed E-state index contributed by atoms with van der Waals surface area (Å²) in [5.41, 5.74) is 1.25. The maximum absolute atomic E-state index is 12.6. The molecule has 0 saturated carbocycles. The van der Waals surface area contributed by atoms with Crippen LogP contribution in [-0.4, -0.2) is 75.9 Å². The first-order valence-corrected chi connectivity index (χ1v) is 10.1. The highest BCUT2D eigenvalue weighted by molar-refractivity contribution is 5.94. The molecular formula is C21H27N5O4. The van der Waals surface area contributed by atoms with Gasteiger partial charge in [-0.1, -0.05) is 35.5 Å². The van der Waals surface area contributed by atoms with Gasteiger partial charge in [0.25, 0.3) is 5.91 Å². The van der Waals surface area contributed by atoms with Crippen molar-refractivity contribution < 1.29 is 19.1 Å². The molecule has 1 aliphatic rings. The van der Waals surface area contributed by atoms with Crippen molar-refractivity contribution in [2.75, 3.05) is 33.3 Å². The van der Waals surface area contributed by atoms with Crippen LogP contribution in [0.2, 0.25) is 0 Å². The van der Waals surface area contributed by atoms with Crippen LogP contribution in [0, 0.1) is 5.92 Å². The maximum Gasteiger partial charge on any atom is 0.309 e. The summed E-state index contributed by atoms with van der Waals surface area (Å²) >= 11 is 0. The number of amides is 2. The number of likely N-dealkylation sites (tertiary alicyclic amines) is 1. The molecular weight excluding hydrogens is 386 g/mol. The van der Waals surface area contributed by atoms with E-state index in [9.17, 15) is 14.4 Å². The lowest BCUT2D eigenvalue weighted by molar-refractivity contribution is -0.151. The lowest BCUT2D eigenvalue weighted by Gasteiger charge is -2.32. The Morgan fingerprint density at radius 1 is 1.17 bits per heavy atom. The highest BCUT2D eigenvalue weighted by Crippen LogP contribution is 2.19. The molecule has 1 saturated heterocycles. The van der Waals surface area contributed by atoms with Crippen LogP contribution in [0.4, 0.5) is 0 Å². The second kappa shape index (κ2) is 10.00. The van der Waals surface area contributed by atoms with E-state index in [2.05, 4.69) is 10.3 Å². The number of aromatic nitrogens is 3.